The topological polar surface area (TPSA) is 72.4 Å². The van der Waals surface area contributed by atoms with Gasteiger partial charge in [0, 0.05) is 45.5 Å². The number of likely N-dealkylation sites (N-methyl/N-ethyl adjacent to an activating group) is 1. The van der Waals surface area contributed by atoms with Crippen LogP contribution < -0.4 is 20.3 Å². The number of nitrogens with one attached hydrogen (secondary N) is 2. The number of ether oxygens (including phenoxy) is 1. The molecule has 2 N–H and O–H groups in total. The van der Waals surface area contributed by atoms with Gasteiger partial charge in [0.1, 0.15) is 5.75 Å². The number of methoxy groups -OCH3 is 1. The molecular weight excluding hydrogens is 531 g/mol. The number of guanidine groups is 1. The van der Waals surface area contributed by atoms with Crippen LogP contribution in [0.5, 0.6) is 5.75 Å². The maximum atomic E-state index is 12.0. The maximum Gasteiger partial charge on any atom is 0.238 e. The van der Waals surface area contributed by atoms with Crippen LogP contribution in [-0.2, 0) is 11.3 Å². The average Bonchev–Trinajstić information content (AvgIpc) is 2.79. The fourth-order valence-electron chi connectivity index (χ4n) is 3.81. The predicted octanol–water partition coefficient (Wildman–Crippen LogP) is 2.71. The Morgan fingerprint density at radius 2 is 1.82 bits per heavy atom. The van der Waals surface area contributed by atoms with Gasteiger partial charge in [0.05, 0.1) is 19.3 Å². The molecule has 2 aromatic rings. The number of para-hydroxylation sites is 2. The van der Waals surface area contributed by atoms with Crippen molar-refractivity contribution in [2.75, 3.05) is 71.2 Å². The van der Waals surface area contributed by atoms with Crippen molar-refractivity contribution in [3.63, 3.8) is 0 Å². The monoisotopic (exact) mass is 566 g/mol. The fourth-order valence-corrected chi connectivity index (χ4v) is 3.81. The SMILES string of the molecule is CN=C(NCc1cccc(NC(=O)CN(C)C)c1)N1CCN(c2ccccc2OC)CC1.I. The van der Waals surface area contributed by atoms with Gasteiger partial charge in [-0.3, -0.25) is 9.79 Å². The summed E-state index contributed by atoms with van der Waals surface area (Å²) in [6.07, 6.45) is 0. The van der Waals surface area contributed by atoms with Gasteiger partial charge in [0.25, 0.3) is 0 Å². The minimum atomic E-state index is -0.0242. The Morgan fingerprint density at radius 3 is 2.48 bits per heavy atom. The summed E-state index contributed by atoms with van der Waals surface area (Å²) >= 11 is 0. The molecule has 9 heteroatoms. The van der Waals surface area contributed by atoms with E-state index in [0.717, 1.165) is 54.8 Å². The Balaban J connectivity index is 0.00000385. The van der Waals surface area contributed by atoms with Gasteiger partial charge in [0.15, 0.2) is 5.96 Å². The number of anilines is 2. The van der Waals surface area contributed by atoms with Gasteiger partial charge in [-0.2, -0.15) is 0 Å². The van der Waals surface area contributed by atoms with E-state index in [1.54, 1.807) is 7.11 Å². The molecule has 1 fully saturated rings. The molecule has 0 aromatic heterocycles. The molecule has 1 heterocycles. The Hall–Kier alpha value is -2.53. The number of halogens is 1. The van der Waals surface area contributed by atoms with Crippen LogP contribution in [0.15, 0.2) is 53.5 Å². The van der Waals surface area contributed by atoms with Gasteiger partial charge >= 0.3 is 0 Å². The molecule has 0 atom stereocenters. The van der Waals surface area contributed by atoms with E-state index in [4.69, 9.17) is 4.74 Å². The van der Waals surface area contributed by atoms with E-state index in [1.165, 1.54) is 0 Å². The van der Waals surface area contributed by atoms with Crippen molar-refractivity contribution < 1.29 is 9.53 Å². The molecule has 0 bridgehead atoms. The summed E-state index contributed by atoms with van der Waals surface area (Å²) in [6.45, 7) is 4.53. The zero-order chi connectivity index (χ0) is 22.9. The molecule has 33 heavy (non-hydrogen) atoms. The first-order valence-electron chi connectivity index (χ1n) is 10.9. The lowest BCUT2D eigenvalue weighted by molar-refractivity contribution is -0.116. The first-order chi connectivity index (χ1) is 15.5. The highest BCUT2D eigenvalue weighted by Gasteiger charge is 2.21. The molecule has 0 spiro atoms. The van der Waals surface area contributed by atoms with Gasteiger partial charge in [-0.15, -0.1) is 24.0 Å². The molecule has 1 aliphatic heterocycles. The van der Waals surface area contributed by atoms with Crippen molar-refractivity contribution in [2.24, 2.45) is 4.99 Å². The second kappa shape index (κ2) is 13.2. The molecule has 1 aliphatic rings. The van der Waals surface area contributed by atoms with Crippen molar-refractivity contribution in [1.29, 1.82) is 0 Å². The highest BCUT2D eigenvalue weighted by molar-refractivity contribution is 14.0. The summed E-state index contributed by atoms with van der Waals surface area (Å²) in [6, 6.07) is 16.0. The van der Waals surface area contributed by atoms with Crippen LogP contribution in [0.3, 0.4) is 0 Å². The molecule has 0 radical (unpaired) electrons. The third-order valence-corrected chi connectivity index (χ3v) is 5.34. The van der Waals surface area contributed by atoms with E-state index in [1.807, 2.05) is 68.5 Å². The van der Waals surface area contributed by atoms with Crippen molar-refractivity contribution in [3.8, 4) is 5.75 Å². The van der Waals surface area contributed by atoms with Gasteiger partial charge in [-0.05, 0) is 43.9 Å². The summed E-state index contributed by atoms with van der Waals surface area (Å²) in [5.74, 6) is 1.76. The van der Waals surface area contributed by atoms with Crippen LogP contribution in [0, 0.1) is 0 Å². The molecule has 3 rings (SSSR count). The molecule has 8 nitrogen and oxygen atoms in total. The lowest BCUT2D eigenvalue weighted by Gasteiger charge is -2.38. The van der Waals surface area contributed by atoms with Crippen LogP contribution in [-0.4, -0.2) is 82.6 Å². The molecule has 180 valence electrons. The number of carbonyl (C=O) groups is 1. The number of aliphatic imine (C=N–C) groups is 1. The van der Waals surface area contributed by atoms with Crippen LogP contribution in [0.4, 0.5) is 11.4 Å². The van der Waals surface area contributed by atoms with Gasteiger partial charge < -0.3 is 30.1 Å². The summed E-state index contributed by atoms with van der Waals surface area (Å²) < 4.78 is 5.51. The van der Waals surface area contributed by atoms with E-state index < -0.39 is 0 Å². The van der Waals surface area contributed by atoms with Crippen LogP contribution in [0.1, 0.15) is 5.56 Å². The van der Waals surface area contributed by atoms with Crippen molar-refractivity contribution >= 4 is 47.2 Å². The zero-order valence-corrected chi connectivity index (χ0v) is 22.2. The van der Waals surface area contributed by atoms with E-state index in [2.05, 4.69) is 31.5 Å². The van der Waals surface area contributed by atoms with E-state index in [9.17, 15) is 4.79 Å². The lowest BCUT2D eigenvalue weighted by Crippen LogP contribution is -2.52. The number of carbonyl (C=O) groups excluding carboxylic acids is 1. The summed E-state index contributed by atoms with van der Waals surface area (Å²) in [5, 5.41) is 6.40. The smallest absolute Gasteiger partial charge is 0.238 e. The number of nitrogens with zero attached hydrogens (tertiary/aromatic N) is 4. The summed E-state index contributed by atoms with van der Waals surface area (Å²) in [7, 11) is 7.28. The largest absolute Gasteiger partial charge is 0.495 e. The Kier molecular flexibility index (Phi) is 10.7. The van der Waals surface area contributed by atoms with Crippen molar-refractivity contribution in [1.82, 2.24) is 15.1 Å². The van der Waals surface area contributed by atoms with Crippen molar-refractivity contribution in [2.45, 2.75) is 6.54 Å². The van der Waals surface area contributed by atoms with E-state index in [0.29, 0.717) is 13.1 Å². The molecular formula is C24H35IN6O2. The van der Waals surface area contributed by atoms with Gasteiger partial charge in [-0.1, -0.05) is 24.3 Å². The maximum absolute atomic E-state index is 12.0. The normalized spacial score (nSPS) is 14.0. The highest BCUT2D eigenvalue weighted by atomic mass is 127. The number of hydrogen-bond acceptors (Lipinski definition) is 5. The van der Waals surface area contributed by atoms with Crippen LogP contribution in [0.25, 0.3) is 0 Å². The van der Waals surface area contributed by atoms with E-state index in [-0.39, 0.29) is 29.9 Å². The predicted molar refractivity (Wildman–Crippen MR) is 146 cm³/mol. The molecule has 0 unspecified atom stereocenters. The van der Waals surface area contributed by atoms with Gasteiger partial charge in [-0.25, -0.2) is 0 Å². The third kappa shape index (κ3) is 7.78. The first kappa shape index (κ1) is 26.7. The minimum Gasteiger partial charge on any atom is -0.495 e. The lowest BCUT2D eigenvalue weighted by atomic mass is 10.2. The molecule has 1 saturated heterocycles. The second-order valence-corrected chi connectivity index (χ2v) is 8.03. The third-order valence-electron chi connectivity index (χ3n) is 5.34. The minimum absolute atomic E-state index is 0. The first-order valence-corrected chi connectivity index (χ1v) is 10.9. The Morgan fingerprint density at radius 1 is 1.09 bits per heavy atom. The standard InChI is InChI=1S/C24H34N6O2.HI/c1-25-24(26-17-19-8-7-9-20(16-19)27-23(31)18-28(2)3)30-14-12-29(13-15-30)21-10-5-6-11-22(21)32-4;/h5-11,16H,12-15,17-18H2,1-4H3,(H,25,26)(H,27,31);1H. The molecule has 0 saturated carbocycles. The molecule has 1 amide bonds. The number of benzene rings is 2. The van der Waals surface area contributed by atoms with Crippen LogP contribution >= 0.6 is 24.0 Å². The average molecular weight is 566 g/mol. The number of piperazine rings is 1. The summed E-state index contributed by atoms with van der Waals surface area (Å²) in [4.78, 5) is 23.0. The number of rotatable bonds is 7. The quantitative estimate of drug-likeness (QED) is 0.305. The fraction of sp³-hybridized carbons (Fsp3) is 0.417. The summed E-state index contributed by atoms with van der Waals surface area (Å²) in [5.41, 5.74) is 3.02. The van der Waals surface area contributed by atoms with Gasteiger partial charge in [0.2, 0.25) is 5.91 Å². The van der Waals surface area contributed by atoms with E-state index >= 15 is 0 Å². The van der Waals surface area contributed by atoms with Crippen molar-refractivity contribution in [3.05, 3.63) is 54.1 Å². The Labute approximate surface area is 214 Å². The highest BCUT2D eigenvalue weighted by Crippen LogP contribution is 2.28. The number of amides is 1. The molecule has 0 aliphatic carbocycles. The number of hydrogen-bond donors (Lipinski definition) is 2. The molecule has 2 aromatic carbocycles. The second-order valence-electron chi connectivity index (χ2n) is 8.03. The zero-order valence-electron chi connectivity index (χ0n) is 19.9. The van der Waals surface area contributed by atoms with Crippen LogP contribution in [0.2, 0.25) is 0 Å². The Bertz CT molecular complexity index is 929.